The van der Waals surface area contributed by atoms with E-state index in [0.717, 1.165) is 16.9 Å². The summed E-state index contributed by atoms with van der Waals surface area (Å²) >= 11 is 0. The minimum Gasteiger partial charge on any atom is -0.489 e. The molecule has 0 saturated carbocycles. The topological polar surface area (TPSA) is 55.5 Å². The number of hydrogen-bond acceptors (Lipinski definition) is 3. The van der Waals surface area contributed by atoms with E-state index < -0.39 is 0 Å². The van der Waals surface area contributed by atoms with Crippen LogP contribution in [-0.2, 0) is 13.0 Å². The molecule has 0 radical (unpaired) electrons. The molecule has 0 amide bonds. The van der Waals surface area contributed by atoms with Gasteiger partial charge < -0.3 is 15.6 Å². The molecule has 0 aromatic heterocycles. The number of rotatable bonds is 6. The molecule has 0 aliphatic heterocycles. The largest absolute Gasteiger partial charge is 0.489 e. The molecule has 0 heterocycles. The standard InChI is InChI=1S/C16H19NO2/c17-15(11-18)9-14-7-4-8-16(10-14)19-12-13-5-2-1-3-6-13/h1-8,10,15,18H,9,11-12,17H2. The van der Waals surface area contributed by atoms with Crippen LogP contribution in [0.25, 0.3) is 0 Å². The van der Waals surface area contributed by atoms with Crippen molar-refractivity contribution in [3.8, 4) is 5.75 Å². The molecule has 3 heteroatoms. The van der Waals surface area contributed by atoms with Gasteiger partial charge in [-0.2, -0.15) is 0 Å². The van der Waals surface area contributed by atoms with Crippen molar-refractivity contribution in [1.82, 2.24) is 0 Å². The highest BCUT2D eigenvalue weighted by Crippen LogP contribution is 2.16. The van der Waals surface area contributed by atoms with Gasteiger partial charge in [-0.25, -0.2) is 0 Å². The first kappa shape index (κ1) is 13.6. The Hall–Kier alpha value is -1.84. The van der Waals surface area contributed by atoms with Gasteiger partial charge in [0.25, 0.3) is 0 Å². The van der Waals surface area contributed by atoms with Crippen LogP contribution in [0, 0.1) is 0 Å². The van der Waals surface area contributed by atoms with Crippen molar-refractivity contribution in [3.05, 3.63) is 65.7 Å². The van der Waals surface area contributed by atoms with Gasteiger partial charge >= 0.3 is 0 Å². The summed E-state index contributed by atoms with van der Waals surface area (Å²) in [6, 6.07) is 17.7. The van der Waals surface area contributed by atoms with E-state index in [-0.39, 0.29) is 12.6 Å². The van der Waals surface area contributed by atoms with E-state index in [1.165, 1.54) is 0 Å². The Bertz CT molecular complexity index is 499. The summed E-state index contributed by atoms with van der Waals surface area (Å²) in [5.74, 6) is 0.825. The molecule has 0 saturated heterocycles. The van der Waals surface area contributed by atoms with Crippen molar-refractivity contribution >= 4 is 0 Å². The molecule has 0 aliphatic carbocycles. The van der Waals surface area contributed by atoms with Gasteiger partial charge in [-0.1, -0.05) is 42.5 Å². The Morgan fingerprint density at radius 2 is 1.74 bits per heavy atom. The van der Waals surface area contributed by atoms with Crippen LogP contribution in [0.3, 0.4) is 0 Å². The van der Waals surface area contributed by atoms with E-state index in [0.29, 0.717) is 13.0 Å². The maximum atomic E-state index is 8.96. The van der Waals surface area contributed by atoms with Crippen LogP contribution in [0.1, 0.15) is 11.1 Å². The van der Waals surface area contributed by atoms with E-state index in [2.05, 4.69) is 0 Å². The Balaban J connectivity index is 1.95. The SMILES string of the molecule is NC(CO)Cc1cccc(OCc2ccccc2)c1. The van der Waals surface area contributed by atoms with Gasteiger partial charge in [0.1, 0.15) is 12.4 Å². The van der Waals surface area contributed by atoms with Gasteiger partial charge in [0, 0.05) is 6.04 Å². The Kier molecular flexibility index (Phi) is 4.95. The fraction of sp³-hybridized carbons (Fsp3) is 0.250. The molecular weight excluding hydrogens is 238 g/mol. The van der Waals surface area contributed by atoms with Crippen molar-refractivity contribution in [2.24, 2.45) is 5.73 Å². The van der Waals surface area contributed by atoms with E-state index in [1.807, 2.05) is 54.6 Å². The number of hydrogen-bond donors (Lipinski definition) is 2. The van der Waals surface area contributed by atoms with Crippen molar-refractivity contribution < 1.29 is 9.84 Å². The summed E-state index contributed by atoms with van der Waals surface area (Å²) < 4.78 is 5.74. The Morgan fingerprint density at radius 1 is 1.00 bits per heavy atom. The first-order valence-electron chi connectivity index (χ1n) is 6.40. The molecule has 2 aromatic carbocycles. The fourth-order valence-electron chi connectivity index (χ4n) is 1.87. The van der Waals surface area contributed by atoms with Crippen molar-refractivity contribution in [3.63, 3.8) is 0 Å². The molecule has 1 unspecified atom stereocenters. The van der Waals surface area contributed by atoms with Gasteiger partial charge in [0.15, 0.2) is 0 Å². The first-order valence-corrected chi connectivity index (χ1v) is 6.40. The molecule has 3 nitrogen and oxygen atoms in total. The number of aliphatic hydroxyl groups is 1. The molecule has 0 fully saturated rings. The zero-order valence-corrected chi connectivity index (χ0v) is 10.8. The lowest BCUT2D eigenvalue weighted by Crippen LogP contribution is -2.26. The van der Waals surface area contributed by atoms with Gasteiger partial charge in [0.05, 0.1) is 6.61 Å². The van der Waals surface area contributed by atoms with E-state index in [9.17, 15) is 0 Å². The quantitative estimate of drug-likeness (QED) is 0.833. The summed E-state index contributed by atoms with van der Waals surface area (Å²) in [7, 11) is 0. The Labute approximate surface area is 113 Å². The molecule has 0 aliphatic rings. The van der Waals surface area contributed by atoms with Crippen LogP contribution in [0.2, 0.25) is 0 Å². The number of aliphatic hydroxyl groups excluding tert-OH is 1. The third kappa shape index (κ3) is 4.39. The van der Waals surface area contributed by atoms with Crippen LogP contribution >= 0.6 is 0 Å². The first-order chi connectivity index (χ1) is 9.28. The zero-order valence-electron chi connectivity index (χ0n) is 10.8. The average Bonchev–Trinajstić information content (AvgIpc) is 2.46. The fourth-order valence-corrected chi connectivity index (χ4v) is 1.87. The number of nitrogens with two attached hydrogens (primary N) is 1. The smallest absolute Gasteiger partial charge is 0.120 e. The molecule has 2 rings (SSSR count). The summed E-state index contributed by atoms with van der Waals surface area (Å²) in [5.41, 5.74) is 7.94. The van der Waals surface area contributed by atoms with Gasteiger partial charge in [-0.15, -0.1) is 0 Å². The second kappa shape index (κ2) is 6.92. The highest BCUT2D eigenvalue weighted by molar-refractivity contribution is 5.29. The van der Waals surface area contributed by atoms with Crippen molar-refractivity contribution in [2.75, 3.05) is 6.61 Å². The second-order valence-corrected chi connectivity index (χ2v) is 4.57. The van der Waals surface area contributed by atoms with Crippen LogP contribution in [0.5, 0.6) is 5.75 Å². The van der Waals surface area contributed by atoms with Crippen LogP contribution in [0.15, 0.2) is 54.6 Å². The third-order valence-corrected chi connectivity index (χ3v) is 2.88. The third-order valence-electron chi connectivity index (χ3n) is 2.88. The average molecular weight is 257 g/mol. The summed E-state index contributed by atoms with van der Waals surface area (Å²) in [4.78, 5) is 0. The molecule has 0 spiro atoms. The summed E-state index contributed by atoms with van der Waals surface area (Å²) in [5, 5.41) is 8.96. The lowest BCUT2D eigenvalue weighted by molar-refractivity contribution is 0.265. The minimum atomic E-state index is -0.218. The molecule has 2 aromatic rings. The maximum Gasteiger partial charge on any atom is 0.120 e. The molecule has 100 valence electrons. The Morgan fingerprint density at radius 3 is 2.47 bits per heavy atom. The van der Waals surface area contributed by atoms with Gasteiger partial charge in [0.2, 0.25) is 0 Å². The highest BCUT2D eigenvalue weighted by Gasteiger charge is 2.03. The summed E-state index contributed by atoms with van der Waals surface area (Å²) in [6.07, 6.45) is 0.652. The van der Waals surface area contributed by atoms with Crippen molar-refractivity contribution in [1.29, 1.82) is 0 Å². The van der Waals surface area contributed by atoms with Crippen molar-refractivity contribution in [2.45, 2.75) is 19.1 Å². The normalized spacial score (nSPS) is 12.1. The molecule has 0 bridgehead atoms. The minimum absolute atomic E-state index is 0.00486. The highest BCUT2D eigenvalue weighted by atomic mass is 16.5. The lowest BCUT2D eigenvalue weighted by atomic mass is 10.1. The molecule has 3 N–H and O–H groups in total. The van der Waals surface area contributed by atoms with Gasteiger partial charge in [-0.05, 0) is 29.7 Å². The van der Waals surface area contributed by atoms with Crippen LogP contribution in [0.4, 0.5) is 0 Å². The van der Waals surface area contributed by atoms with E-state index in [4.69, 9.17) is 15.6 Å². The molecule has 19 heavy (non-hydrogen) atoms. The molecular formula is C16H19NO2. The number of benzene rings is 2. The zero-order chi connectivity index (χ0) is 13.5. The summed E-state index contributed by atoms with van der Waals surface area (Å²) in [6.45, 7) is 0.547. The van der Waals surface area contributed by atoms with E-state index in [1.54, 1.807) is 0 Å². The predicted octanol–water partition coefficient (Wildman–Crippen LogP) is 2.13. The van der Waals surface area contributed by atoms with Gasteiger partial charge in [-0.3, -0.25) is 0 Å². The lowest BCUT2D eigenvalue weighted by Gasteiger charge is -2.10. The second-order valence-electron chi connectivity index (χ2n) is 4.57. The van der Waals surface area contributed by atoms with Crippen LogP contribution in [-0.4, -0.2) is 17.8 Å². The maximum absolute atomic E-state index is 8.96. The predicted molar refractivity (Wildman–Crippen MR) is 76.0 cm³/mol. The van der Waals surface area contributed by atoms with Crippen LogP contribution < -0.4 is 10.5 Å². The van der Waals surface area contributed by atoms with E-state index >= 15 is 0 Å². The molecule has 1 atom stereocenters. The monoisotopic (exact) mass is 257 g/mol. The number of ether oxygens (including phenoxy) is 1.